The fourth-order valence-corrected chi connectivity index (χ4v) is 4.22. The van der Waals surface area contributed by atoms with Crippen molar-refractivity contribution in [2.45, 2.75) is 18.9 Å². The molecule has 34 heavy (non-hydrogen) atoms. The van der Waals surface area contributed by atoms with Crippen LogP contribution in [-0.2, 0) is 7.05 Å². The monoisotopic (exact) mass is 457 g/mol. The van der Waals surface area contributed by atoms with E-state index in [2.05, 4.69) is 54.5 Å². The van der Waals surface area contributed by atoms with E-state index in [1.165, 1.54) is 0 Å². The highest BCUT2D eigenvalue weighted by Crippen LogP contribution is 2.23. The number of fused-ring (bicyclic) bond motifs is 1. The minimum atomic E-state index is -0.233. The van der Waals surface area contributed by atoms with Crippen LogP contribution in [-0.4, -0.2) is 74.0 Å². The van der Waals surface area contributed by atoms with E-state index in [-0.39, 0.29) is 5.91 Å². The van der Waals surface area contributed by atoms with Crippen molar-refractivity contribution in [2.24, 2.45) is 7.05 Å². The van der Waals surface area contributed by atoms with Crippen molar-refractivity contribution < 1.29 is 4.79 Å². The van der Waals surface area contributed by atoms with Gasteiger partial charge in [0, 0.05) is 55.6 Å². The van der Waals surface area contributed by atoms with E-state index >= 15 is 0 Å². The Balaban J connectivity index is 1.32. The van der Waals surface area contributed by atoms with Crippen LogP contribution in [0, 0.1) is 0 Å². The summed E-state index contributed by atoms with van der Waals surface area (Å²) >= 11 is 0. The number of carbonyl (C=O) groups is 1. The molecule has 0 atom stereocenters. The van der Waals surface area contributed by atoms with Crippen molar-refractivity contribution in [1.82, 2.24) is 34.8 Å². The second-order valence-corrected chi connectivity index (χ2v) is 8.77. The highest BCUT2D eigenvalue weighted by atomic mass is 16.1. The molecule has 5 rings (SSSR count). The number of hydrogen-bond acceptors (Lipinski definition) is 8. The summed E-state index contributed by atoms with van der Waals surface area (Å²) in [5.74, 6) is 1.03. The zero-order chi connectivity index (χ0) is 23.7. The molecule has 0 spiro atoms. The average molecular weight is 458 g/mol. The van der Waals surface area contributed by atoms with Gasteiger partial charge in [-0.1, -0.05) is 5.21 Å². The number of anilines is 2. The van der Waals surface area contributed by atoms with Crippen LogP contribution in [0.3, 0.4) is 0 Å². The Bertz CT molecular complexity index is 1330. The second kappa shape index (κ2) is 9.14. The van der Waals surface area contributed by atoms with Crippen LogP contribution >= 0.6 is 0 Å². The van der Waals surface area contributed by atoms with Gasteiger partial charge in [0.25, 0.3) is 5.91 Å². The Morgan fingerprint density at radius 2 is 1.91 bits per heavy atom. The number of nitrogens with zero attached hydrogens (tertiary/aromatic N) is 8. The fourth-order valence-electron chi connectivity index (χ4n) is 4.22. The first-order chi connectivity index (χ1) is 16.5. The molecule has 1 fully saturated rings. The molecule has 0 aliphatic carbocycles. The molecule has 1 N–H and O–H groups in total. The molecular formula is C24H27N9O. The molecule has 174 valence electrons. The van der Waals surface area contributed by atoms with Crippen LogP contribution in [0.5, 0.6) is 0 Å². The van der Waals surface area contributed by atoms with Crippen molar-refractivity contribution in [3.8, 4) is 11.4 Å². The largest absolute Gasteiger partial charge is 0.356 e. The van der Waals surface area contributed by atoms with E-state index in [0.29, 0.717) is 34.3 Å². The van der Waals surface area contributed by atoms with Crippen molar-refractivity contribution in [3.05, 3.63) is 54.5 Å². The maximum Gasteiger partial charge on any atom is 0.257 e. The van der Waals surface area contributed by atoms with Crippen molar-refractivity contribution in [2.75, 3.05) is 37.4 Å². The molecule has 0 radical (unpaired) electrons. The minimum Gasteiger partial charge on any atom is -0.356 e. The third-order valence-corrected chi connectivity index (χ3v) is 6.21. The molecule has 0 bridgehead atoms. The topological polar surface area (TPSA) is 105 Å². The van der Waals surface area contributed by atoms with Crippen molar-refractivity contribution in [3.63, 3.8) is 0 Å². The van der Waals surface area contributed by atoms with E-state index in [9.17, 15) is 4.79 Å². The molecule has 10 nitrogen and oxygen atoms in total. The summed E-state index contributed by atoms with van der Waals surface area (Å²) in [6.45, 7) is 1.85. The van der Waals surface area contributed by atoms with Crippen molar-refractivity contribution >= 4 is 28.4 Å². The van der Waals surface area contributed by atoms with E-state index in [1.807, 2.05) is 31.4 Å². The lowest BCUT2D eigenvalue weighted by Crippen LogP contribution is -2.42. The van der Waals surface area contributed by atoms with Gasteiger partial charge in [0.15, 0.2) is 0 Å². The zero-order valence-electron chi connectivity index (χ0n) is 19.5. The molecule has 0 aromatic carbocycles. The van der Waals surface area contributed by atoms with Gasteiger partial charge in [-0.25, -0.2) is 15.0 Å². The van der Waals surface area contributed by atoms with Gasteiger partial charge >= 0.3 is 0 Å². The summed E-state index contributed by atoms with van der Waals surface area (Å²) in [7, 11) is 6.05. The predicted octanol–water partition coefficient (Wildman–Crippen LogP) is 2.60. The van der Waals surface area contributed by atoms with Crippen LogP contribution < -0.4 is 10.2 Å². The van der Waals surface area contributed by atoms with Gasteiger partial charge in [0.2, 0.25) is 0 Å². The molecule has 5 heterocycles. The molecule has 10 heteroatoms. The van der Waals surface area contributed by atoms with Gasteiger partial charge in [-0.15, -0.1) is 5.10 Å². The molecule has 1 saturated heterocycles. The SMILES string of the molecule is CN(C)C1CCN(c2cc(C(=O)Nc3cc4nc(-c5cn(C)nn5)ccc4cn3)ccn2)CC1. The summed E-state index contributed by atoms with van der Waals surface area (Å²) in [4.78, 5) is 31.0. The van der Waals surface area contributed by atoms with Gasteiger partial charge in [0.05, 0.1) is 17.4 Å². The average Bonchev–Trinajstić information content (AvgIpc) is 3.30. The van der Waals surface area contributed by atoms with Gasteiger partial charge in [-0.3, -0.25) is 9.48 Å². The van der Waals surface area contributed by atoms with Gasteiger partial charge in [0.1, 0.15) is 17.3 Å². The van der Waals surface area contributed by atoms with E-state index < -0.39 is 0 Å². The number of aryl methyl sites for hydroxylation is 1. The first-order valence-corrected chi connectivity index (χ1v) is 11.3. The Labute approximate surface area is 197 Å². The maximum atomic E-state index is 13.0. The standard InChI is InChI=1S/C24H27N9O/c1-31(2)18-7-10-33(11-8-18)23-12-16(6-9-25-23)24(34)28-22-13-20-17(14-26-22)4-5-19(27-20)21-15-32(3)30-29-21/h4-6,9,12-15,18H,7-8,10-11H2,1-3H3,(H,26,28,34). The summed E-state index contributed by atoms with van der Waals surface area (Å²) in [5.41, 5.74) is 2.65. The summed E-state index contributed by atoms with van der Waals surface area (Å²) < 4.78 is 1.63. The Hall–Kier alpha value is -3.92. The molecule has 1 aliphatic heterocycles. The minimum absolute atomic E-state index is 0.233. The van der Waals surface area contributed by atoms with E-state index in [0.717, 1.165) is 37.1 Å². The highest BCUT2D eigenvalue weighted by molar-refractivity contribution is 6.04. The van der Waals surface area contributed by atoms with Crippen LogP contribution in [0.25, 0.3) is 22.3 Å². The number of nitrogens with one attached hydrogen (secondary N) is 1. The number of carbonyl (C=O) groups excluding carboxylic acids is 1. The Morgan fingerprint density at radius 3 is 2.65 bits per heavy atom. The highest BCUT2D eigenvalue weighted by Gasteiger charge is 2.22. The van der Waals surface area contributed by atoms with Gasteiger partial charge in [-0.05, 0) is 51.2 Å². The quantitative estimate of drug-likeness (QED) is 0.488. The number of pyridine rings is 3. The molecule has 1 aliphatic rings. The number of amides is 1. The lowest BCUT2D eigenvalue weighted by molar-refractivity contribution is 0.102. The first-order valence-electron chi connectivity index (χ1n) is 11.3. The summed E-state index contributed by atoms with van der Waals surface area (Å²) in [6, 6.07) is 9.73. The normalized spacial score (nSPS) is 14.6. The summed E-state index contributed by atoms with van der Waals surface area (Å²) in [6.07, 6.45) is 7.35. The number of rotatable bonds is 5. The predicted molar refractivity (Wildman–Crippen MR) is 131 cm³/mol. The van der Waals surface area contributed by atoms with Crippen LogP contribution in [0.2, 0.25) is 0 Å². The van der Waals surface area contributed by atoms with Crippen molar-refractivity contribution in [1.29, 1.82) is 0 Å². The number of hydrogen-bond donors (Lipinski definition) is 1. The lowest BCUT2D eigenvalue weighted by Gasteiger charge is -2.35. The molecule has 4 aromatic rings. The molecule has 1 amide bonds. The summed E-state index contributed by atoms with van der Waals surface area (Å²) in [5, 5.41) is 11.8. The second-order valence-electron chi connectivity index (χ2n) is 8.77. The van der Waals surface area contributed by atoms with Crippen LogP contribution in [0.4, 0.5) is 11.6 Å². The maximum absolute atomic E-state index is 13.0. The van der Waals surface area contributed by atoms with E-state index in [4.69, 9.17) is 0 Å². The van der Waals surface area contributed by atoms with Crippen LogP contribution in [0.1, 0.15) is 23.2 Å². The smallest absolute Gasteiger partial charge is 0.257 e. The molecule has 0 unspecified atom stereocenters. The first kappa shape index (κ1) is 21.9. The molecule has 0 saturated carbocycles. The van der Waals surface area contributed by atoms with E-state index in [1.54, 1.807) is 29.2 Å². The fraction of sp³-hybridized carbons (Fsp3) is 0.333. The van der Waals surface area contributed by atoms with Crippen LogP contribution in [0.15, 0.2) is 48.9 Å². The zero-order valence-corrected chi connectivity index (χ0v) is 19.5. The third-order valence-electron chi connectivity index (χ3n) is 6.21. The third kappa shape index (κ3) is 4.58. The Kier molecular flexibility index (Phi) is 5.89. The van der Waals surface area contributed by atoms with Gasteiger partial charge < -0.3 is 15.1 Å². The lowest BCUT2D eigenvalue weighted by atomic mass is 10.0. The number of piperidine rings is 1. The number of aromatic nitrogens is 6. The van der Waals surface area contributed by atoms with Gasteiger partial charge in [-0.2, -0.15) is 0 Å². The Morgan fingerprint density at radius 1 is 1.09 bits per heavy atom. The molecular weight excluding hydrogens is 430 g/mol. The molecule has 4 aromatic heterocycles.